The summed E-state index contributed by atoms with van der Waals surface area (Å²) in [7, 11) is 2.16. The average molecular weight is 263 g/mol. The highest BCUT2D eigenvalue weighted by Gasteiger charge is 2.22. The Bertz CT molecular complexity index is 433. The van der Waals surface area contributed by atoms with Gasteiger partial charge in [-0.2, -0.15) is 0 Å². The summed E-state index contributed by atoms with van der Waals surface area (Å²) in [5.41, 5.74) is 1.12. The van der Waals surface area contributed by atoms with E-state index in [9.17, 15) is 4.79 Å². The summed E-state index contributed by atoms with van der Waals surface area (Å²) in [5, 5.41) is 12.3. The standard InChI is InChI=1S/C14H21N3O2/c1-10-7-12(5-6-17(10)2)16-9-13-4-3-11(8-15-13)14(18)19/h3-4,8,10,12,16H,5-7,9H2,1-2H3,(H,18,19). The van der Waals surface area contributed by atoms with Crippen molar-refractivity contribution in [1.82, 2.24) is 15.2 Å². The van der Waals surface area contributed by atoms with Gasteiger partial charge in [0.05, 0.1) is 11.3 Å². The van der Waals surface area contributed by atoms with Crippen LogP contribution in [0.5, 0.6) is 0 Å². The lowest BCUT2D eigenvalue weighted by molar-refractivity contribution is 0.0696. The van der Waals surface area contributed by atoms with Crippen molar-refractivity contribution in [2.24, 2.45) is 0 Å². The number of carboxylic acids is 1. The first-order valence-electron chi connectivity index (χ1n) is 6.68. The number of aromatic carboxylic acids is 1. The molecule has 2 unspecified atom stereocenters. The molecule has 1 saturated heterocycles. The highest BCUT2D eigenvalue weighted by Crippen LogP contribution is 2.15. The third-order valence-electron chi connectivity index (χ3n) is 3.85. The number of nitrogens with zero attached hydrogens (tertiary/aromatic N) is 2. The van der Waals surface area contributed by atoms with Crippen LogP contribution >= 0.6 is 0 Å². The van der Waals surface area contributed by atoms with Crippen LogP contribution in [0.1, 0.15) is 35.8 Å². The monoisotopic (exact) mass is 263 g/mol. The van der Waals surface area contributed by atoms with E-state index >= 15 is 0 Å². The zero-order chi connectivity index (χ0) is 13.8. The lowest BCUT2D eigenvalue weighted by Gasteiger charge is -2.35. The molecule has 5 nitrogen and oxygen atoms in total. The van der Waals surface area contributed by atoms with E-state index in [0.29, 0.717) is 18.6 Å². The summed E-state index contributed by atoms with van der Waals surface area (Å²) in [6.07, 6.45) is 3.70. The molecule has 0 aromatic carbocycles. The molecule has 1 aliphatic heterocycles. The van der Waals surface area contributed by atoms with Gasteiger partial charge in [0.15, 0.2) is 0 Å². The van der Waals surface area contributed by atoms with E-state index in [-0.39, 0.29) is 5.56 Å². The summed E-state index contributed by atoms with van der Waals surface area (Å²) in [6, 6.07) is 4.50. The molecule has 0 radical (unpaired) electrons. The van der Waals surface area contributed by atoms with Crippen LogP contribution in [-0.4, -0.2) is 46.6 Å². The van der Waals surface area contributed by atoms with Crippen molar-refractivity contribution in [3.05, 3.63) is 29.6 Å². The van der Waals surface area contributed by atoms with Gasteiger partial charge in [-0.05, 0) is 45.5 Å². The molecule has 1 fully saturated rings. The fourth-order valence-corrected chi connectivity index (χ4v) is 2.38. The van der Waals surface area contributed by atoms with E-state index in [0.717, 1.165) is 25.1 Å². The summed E-state index contributed by atoms with van der Waals surface area (Å²) >= 11 is 0. The van der Waals surface area contributed by atoms with Crippen LogP contribution in [0.4, 0.5) is 0 Å². The van der Waals surface area contributed by atoms with Gasteiger partial charge in [-0.1, -0.05) is 0 Å². The summed E-state index contributed by atoms with van der Waals surface area (Å²) in [6.45, 7) is 4.05. The number of hydrogen-bond donors (Lipinski definition) is 2. The number of piperidine rings is 1. The molecular weight excluding hydrogens is 242 g/mol. The maximum Gasteiger partial charge on any atom is 0.337 e. The Kier molecular flexibility index (Phi) is 4.50. The first-order chi connectivity index (χ1) is 9.06. The Labute approximate surface area is 113 Å². The van der Waals surface area contributed by atoms with Crippen LogP contribution in [0, 0.1) is 0 Å². The van der Waals surface area contributed by atoms with Gasteiger partial charge in [0.1, 0.15) is 0 Å². The molecule has 0 bridgehead atoms. The highest BCUT2D eigenvalue weighted by atomic mass is 16.4. The molecule has 0 spiro atoms. The zero-order valence-corrected chi connectivity index (χ0v) is 11.5. The summed E-state index contributed by atoms with van der Waals surface area (Å²) in [4.78, 5) is 17.3. The summed E-state index contributed by atoms with van der Waals surface area (Å²) in [5.74, 6) is -0.934. The van der Waals surface area contributed by atoms with Crippen LogP contribution in [-0.2, 0) is 6.54 Å². The molecule has 1 aliphatic rings. The van der Waals surface area contributed by atoms with Crippen molar-refractivity contribution in [1.29, 1.82) is 0 Å². The lowest BCUT2D eigenvalue weighted by atomic mass is 9.99. The zero-order valence-electron chi connectivity index (χ0n) is 11.5. The SMILES string of the molecule is CC1CC(NCc2ccc(C(=O)O)cn2)CCN1C. The second-order valence-corrected chi connectivity index (χ2v) is 5.28. The Morgan fingerprint density at radius 2 is 2.37 bits per heavy atom. The predicted octanol–water partition coefficient (Wildman–Crippen LogP) is 1.35. The third kappa shape index (κ3) is 3.75. The van der Waals surface area contributed by atoms with Crippen molar-refractivity contribution in [3.8, 4) is 0 Å². The number of rotatable bonds is 4. The van der Waals surface area contributed by atoms with Gasteiger partial charge >= 0.3 is 5.97 Å². The van der Waals surface area contributed by atoms with E-state index < -0.39 is 5.97 Å². The molecule has 0 saturated carbocycles. The second kappa shape index (κ2) is 6.12. The van der Waals surface area contributed by atoms with E-state index in [1.54, 1.807) is 12.1 Å². The molecule has 1 aromatic rings. The Morgan fingerprint density at radius 1 is 1.58 bits per heavy atom. The number of likely N-dealkylation sites (tertiary alicyclic amines) is 1. The quantitative estimate of drug-likeness (QED) is 0.858. The molecule has 19 heavy (non-hydrogen) atoms. The largest absolute Gasteiger partial charge is 0.478 e. The minimum Gasteiger partial charge on any atom is -0.478 e. The van der Waals surface area contributed by atoms with Crippen LogP contribution < -0.4 is 5.32 Å². The van der Waals surface area contributed by atoms with Crippen LogP contribution in [0.2, 0.25) is 0 Å². The number of nitrogens with one attached hydrogen (secondary N) is 1. The first kappa shape index (κ1) is 14.0. The molecule has 5 heteroatoms. The Morgan fingerprint density at radius 3 is 2.95 bits per heavy atom. The van der Waals surface area contributed by atoms with Crippen molar-refractivity contribution in [2.45, 2.75) is 38.4 Å². The number of carboxylic acid groups (broad SMARTS) is 1. The van der Waals surface area contributed by atoms with E-state index in [4.69, 9.17) is 5.11 Å². The number of aromatic nitrogens is 1. The molecule has 2 heterocycles. The van der Waals surface area contributed by atoms with Crippen molar-refractivity contribution in [2.75, 3.05) is 13.6 Å². The van der Waals surface area contributed by atoms with Gasteiger partial charge in [-0.15, -0.1) is 0 Å². The number of pyridine rings is 1. The van der Waals surface area contributed by atoms with E-state index in [2.05, 4.69) is 29.2 Å². The minimum atomic E-state index is -0.934. The Balaban J connectivity index is 1.83. The third-order valence-corrected chi connectivity index (χ3v) is 3.85. The van der Waals surface area contributed by atoms with Gasteiger partial charge in [0.25, 0.3) is 0 Å². The smallest absolute Gasteiger partial charge is 0.337 e. The van der Waals surface area contributed by atoms with Gasteiger partial charge in [-0.25, -0.2) is 4.79 Å². The van der Waals surface area contributed by atoms with Crippen LogP contribution in [0.15, 0.2) is 18.3 Å². The second-order valence-electron chi connectivity index (χ2n) is 5.28. The molecule has 0 aliphatic carbocycles. The van der Waals surface area contributed by atoms with Crippen molar-refractivity contribution >= 4 is 5.97 Å². The maximum atomic E-state index is 10.7. The average Bonchev–Trinajstić information content (AvgIpc) is 2.40. The van der Waals surface area contributed by atoms with Gasteiger partial charge in [-0.3, -0.25) is 4.98 Å². The van der Waals surface area contributed by atoms with Crippen LogP contribution in [0.3, 0.4) is 0 Å². The van der Waals surface area contributed by atoms with Crippen molar-refractivity contribution in [3.63, 3.8) is 0 Å². The topological polar surface area (TPSA) is 65.5 Å². The molecule has 2 atom stereocenters. The minimum absolute atomic E-state index is 0.233. The molecule has 0 amide bonds. The molecule has 1 aromatic heterocycles. The summed E-state index contributed by atoms with van der Waals surface area (Å²) < 4.78 is 0. The number of carbonyl (C=O) groups is 1. The van der Waals surface area contributed by atoms with Gasteiger partial charge in [0.2, 0.25) is 0 Å². The molecule has 2 rings (SSSR count). The van der Waals surface area contributed by atoms with Gasteiger partial charge < -0.3 is 15.3 Å². The first-order valence-corrected chi connectivity index (χ1v) is 6.68. The fourth-order valence-electron chi connectivity index (χ4n) is 2.38. The van der Waals surface area contributed by atoms with Crippen LogP contribution in [0.25, 0.3) is 0 Å². The fraction of sp³-hybridized carbons (Fsp3) is 0.571. The lowest BCUT2D eigenvalue weighted by Crippen LogP contribution is -2.45. The molecular formula is C14H21N3O2. The van der Waals surface area contributed by atoms with E-state index in [1.165, 1.54) is 6.20 Å². The molecule has 2 N–H and O–H groups in total. The van der Waals surface area contributed by atoms with E-state index in [1.807, 2.05) is 0 Å². The normalized spacial score (nSPS) is 24.3. The Hall–Kier alpha value is -1.46. The van der Waals surface area contributed by atoms with Crippen molar-refractivity contribution < 1.29 is 9.90 Å². The number of hydrogen-bond acceptors (Lipinski definition) is 4. The predicted molar refractivity (Wildman–Crippen MR) is 73.2 cm³/mol. The van der Waals surface area contributed by atoms with Gasteiger partial charge in [0, 0.05) is 24.8 Å². The molecule has 104 valence electrons. The highest BCUT2D eigenvalue weighted by molar-refractivity contribution is 5.87. The maximum absolute atomic E-state index is 10.7.